The summed E-state index contributed by atoms with van der Waals surface area (Å²) in [6.07, 6.45) is 0. The number of carbonyl (C=O) groups excluding carboxylic acids is 1. The molecule has 0 N–H and O–H groups in total. The highest BCUT2D eigenvalue weighted by molar-refractivity contribution is 6.33. The summed E-state index contributed by atoms with van der Waals surface area (Å²) in [5.74, 6) is 0.537. The van der Waals surface area contributed by atoms with Crippen molar-refractivity contribution in [3.05, 3.63) is 34.5 Å². The Morgan fingerprint density at radius 1 is 1.45 bits per heavy atom. The summed E-state index contributed by atoms with van der Waals surface area (Å²) >= 11 is 6.19. The van der Waals surface area contributed by atoms with Gasteiger partial charge in [-0.1, -0.05) is 16.8 Å². The summed E-state index contributed by atoms with van der Waals surface area (Å²) in [6.45, 7) is 3.67. The molecule has 0 amide bonds. The number of hydrogen-bond donors (Lipinski definition) is 0. The van der Waals surface area contributed by atoms with Crippen molar-refractivity contribution >= 4 is 17.6 Å². The topological polar surface area (TPSA) is 61.6 Å². The van der Waals surface area contributed by atoms with Gasteiger partial charge in [0, 0.05) is 5.56 Å². The average molecular weight is 296 g/mol. The second-order valence-corrected chi connectivity index (χ2v) is 4.44. The second kappa shape index (κ2) is 5.96. The maximum absolute atomic E-state index is 12.0. The molecule has 106 valence electrons. The van der Waals surface area contributed by atoms with E-state index in [4.69, 9.17) is 25.6 Å². The SMILES string of the molecule is CCOC(=O)c1c(-c2ccc(OC)cc2Cl)noc1C. The van der Waals surface area contributed by atoms with Gasteiger partial charge in [0.2, 0.25) is 0 Å². The summed E-state index contributed by atoms with van der Waals surface area (Å²) in [6, 6.07) is 5.11. The van der Waals surface area contributed by atoms with Crippen LogP contribution in [0.2, 0.25) is 5.02 Å². The third-order valence-corrected chi connectivity index (χ3v) is 3.09. The lowest BCUT2D eigenvalue weighted by Crippen LogP contribution is -2.06. The third-order valence-electron chi connectivity index (χ3n) is 2.77. The van der Waals surface area contributed by atoms with Crippen molar-refractivity contribution < 1.29 is 18.8 Å². The van der Waals surface area contributed by atoms with E-state index in [0.717, 1.165) is 0 Å². The van der Waals surface area contributed by atoms with Gasteiger partial charge in [-0.2, -0.15) is 0 Å². The molecule has 1 aromatic heterocycles. The molecule has 0 radical (unpaired) electrons. The molecule has 0 aliphatic heterocycles. The minimum atomic E-state index is -0.479. The van der Waals surface area contributed by atoms with E-state index in [2.05, 4.69) is 5.16 Å². The summed E-state index contributed by atoms with van der Waals surface area (Å²) in [4.78, 5) is 12.0. The molecule has 0 saturated heterocycles. The Morgan fingerprint density at radius 3 is 2.80 bits per heavy atom. The molecule has 6 heteroatoms. The number of methoxy groups -OCH3 is 1. The predicted octanol–water partition coefficient (Wildman–Crippen LogP) is 3.49. The molecule has 1 aromatic carbocycles. The third kappa shape index (κ3) is 2.63. The number of nitrogens with zero attached hydrogens (tertiary/aromatic N) is 1. The molecule has 0 unspecified atom stereocenters. The van der Waals surface area contributed by atoms with Crippen LogP contribution in [-0.4, -0.2) is 24.8 Å². The van der Waals surface area contributed by atoms with Crippen LogP contribution in [0.15, 0.2) is 22.7 Å². The lowest BCUT2D eigenvalue weighted by atomic mass is 10.1. The molecule has 20 heavy (non-hydrogen) atoms. The Labute approximate surface area is 121 Å². The number of aryl methyl sites for hydroxylation is 1. The van der Waals surface area contributed by atoms with Crippen LogP contribution in [0.1, 0.15) is 23.0 Å². The lowest BCUT2D eigenvalue weighted by molar-refractivity contribution is 0.0525. The van der Waals surface area contributed by atoms with Crippen molar-refractivity contribution in [1.29, 1.82) is 0 Å². The molecule has 0 spiro atoms. The van der Waals surface area contributed by atoms with E-state index >= 15 is 0 Å². The Morgan fingerprint density at radius 2 is 2.20 bits per heavy atom. The summed E-state index contributed by atoms with van der Waals surface area (Å²) in [7, 11) is 1.55. The van der Waals surface area contributed by atoms with Gasteiger partial charge in [0.15, 0.2) is 0 Å². The van der Waals surface area contributed by atoms with E-state index < -0.39 is 5.97 Å². The van der Waals surface area contributed by atoms with Gasteiger partial charge in [-0.15, -0.1) is 0 Å². The Hall–Kier alpha value is -2.01. The van der Waals surface area contributed by atoms with Crippen LogP contribution in [0.4, 0.5) is 0 Å². The maximum Gasteiger partial charge on any atom is 0.344 e. The van der Waals surface area contributed by atoms with Crippen molar-refractivity contribution in [1.82, 2.24) is 5.16 Å². The van der Waals surface area contributed by atoms with Crippen molar-refractivity contribution in [2.45, 2.75) is 13.8 Å². The summed E-state index contributed by atoms with van der Waals surface area (Å²) in [5.41, 5.74) is 1.25. The van der Waals surface area contributed by atoms with Crippen molar-refractivity contribution in [2.24, 2.45) is 0 Å². The number of aromatic nitrogens is 1. The number of halogens is 1. The van der Waals surface area contributed by atoms with E-state index in [1.807, 2.05) is 0 Å². The number of rotatable bonds is 4. The van der Waals surface area contributed by atoms with Crippen LogP contribution in [-0.2, 0) is 4.74 Å². The highest BCUT2D eigenvalue weighted by Gasteiger charge is 2.24. The van der Waals surface area contributed by atoms with Crippen LogP contribution in [0.25, 0.3) is 11.3 Å². The highest BCUT2D eigenvalue weighted by Crippen LogP contribution is 2.33. The summed E-state index contributed by atoms with van der Waals surface area (Å²) in [5, 5.41) is 4.32. The number of carbonyl (C=O) groups is 1. The number of hydrogen-bond acceptors (Lipinski definition) is 5. The monoisotopic (exact) mass is 295 g/mol. The highest BCUT2D eigenvalue weighted by atomic mass is 35.5. The molecule has 5 nitrogen and oxygen atoms in total. The number of benzene rings is 1. The lowest BCUT2D eigenvalue weighted by Gasteiger charge is -2.06. The van der Waals surface area contributed by atoms with Crippen LogP contribution in [0.5, 0.6) is 5.75 Å². The number of esters is 1. The zero-order valence-electron chi connectivity index (χ0n) is 11.4. The van der Waals surface area contributed by atoms with E-state index in [0.29, 0.717) is 33.4 Å². The Kier molecular flexibility index (Phi) is 4.29. The molecular formula is C14H14ClNO4. The zero-order chi connectivity index (χ0) is 14.7. The van der Waals surface area contributed by atoms with E-state index in [1.54, 1.807) is 39.2 Å². The first kappa shape index (κ1) is 14.4. The fourth-order valence-corrected chi connectivity index (χ4v) is 2.07. The van der Waals surface area contributed by atoms with Gasteiger partial charge in [0.1, 0.15) is 22.8 Å². The standard InChI is InChI=1S/C14H14ClNO4/c1-4-19-14(17)12-8(2)20-16-13(12)10-6-5-9(18-3)7-11(10)15/h5-7H,4H2,1-3H3. The summed E-state index contributed by atoms with van der Waals surface area (Å²) < 4.78 is 15.2. The first-order valence-corrected chi connectivity index (χ1v) is 6.43. The van der Waals surface area contributed by atoms with Gasteiger partial charge in [0.05, 0.1) is 18.7 Å². The molecule has 0 aliphatic rings. The van der Waals surface area contributed by atoms with Gasteiger partial charge >= 0.3 is 5.97 Å². The van der Waals surface area contributed by atoms with Gasteiger partial charge in [-0.3, -0.25) is 0 Å². The number of ether oxygens (including phenoxy) is 2. The molecule has 0 aliphatic carbocycles. The van der Waals surface area contributed by atoms with E-state index in [9.17, 15) is 4.79 Å². The first-order chi connectivity index (χ1) is 9.58. The first-order valence-electron chi connectivity index (χ1n) is 6.05. The van der Waals surface area contributed by atoms with Crippen molar-refractivity contribution in [3.8, 4) is 17.0 Å². The Bertz CT molecular complexity index is 636. The smallest absolute Gasteiger partial charge is 0.344 e. The van der Waals surface area contributed by atoms with Crippen molar-refractivity contribution in [2.75, 3.05) is 13.7 Å². The van der Waals surface area contributed by atoms with Crippen LogP contribution in [0, 0.1) is 6.92 Å². The average Bonchev–Trinajstić information content (AvgIpc) is 2.80. The minimum Gasteiger partial charge on any atom is -0.497 e. The molecule has 0 atom stereocenters. The molecule has 0 saturated carbocycles. The fourth-order valence-electron chi connectivity index (χ4n) is 1.81. The van der Waals surface area contributed by atoms with E-state index in [-0.39, 0.29) is 6.61 Å². The van der Waals surface area contributed by atoms with Gasteiger partial charge in [0.25, 0.3) is 0 Å². The van der Waals surface area contributed by atoms with E-state index in [1.165, 1.54) is 0 Å². The minimum absolute atomic E-state index is 0.277. The quantitative estimate of drug-likeness (QED) is 0.808. The Balaban J connectivity index is 2.51. The normalized spacial score (nSPS) is 10.4. The van der Waals surface area contributed by atoms with Crippen molar-refractivity contribution in [3.63, 3.8) is 0 Å². The second-order valence-electron chi connectivity index (χ2n) is 4.03. The molecule has 1 heterocycles. The molecule has 0 bridgehead atoms. The zero-order valence-corrected chi connectivity index (χ0v) is 12.2. The fraction of sp³-hybridized carbons (Fsp3) is 0.286. The van der Waals surface area contributed by atoms with Gasteiger partial charge in [-0.05, 0) is 32.0 Å². The molecule has 0 fully saturated rings. The van der Waals surface area contributed by atoms with Crippen LogP contribution in [0.3, 0.4) is 0 Å². The van der Waals surface area contributed by atoms with Crippen LogP contribution >= 0.6 is 11.6 Å². The van der Waals surface area contributed by atoms with Crippen LogP contribution < -0.4 is 4.74 Å². The van der Waals surface area contributed by atoms with Gasteiger partial charge < -0.3 is 14.0 Å². The largest absolute Gasteiger partial charge is 0.497 e. The molecular weight excluding hydrogens is 282 g/mol. The molecule has 2 aromatic rings. The predicted molar refractivity (Wildman–Crippen MR) is 74.2 cm³/mol. The molecule has 2 rings (SSSR count). The maximum atomic E-state index is 12.0. The van der Waals surface area contributed by atoms with Gasteiger partial charge in [-0.25, -0.2) is 4.79 Å².